The second-order valence-corrected chi connectivity index (χ2v) is 5.67. The Morgan fingerprint density at radius 1 is 1.00 bits per heavy atom. The summed E-state index contributed by atoms with van der Waals surface area (Å²) in [6, 6.07) is 0. The number of amides is 1. The quantitative estimate of drug-likeness (QED) is 0.564. The van der Waals surface area contributed by atoms with Gasteiger partial charge in [0.05, 0.1) is 5.41 Å². The maximum absolute atomic E-state index is 12.0. The molecule has 0 atom stereocenters. The highest BCUT2D eigenvalue weighted by Gasteiger charge is 2.61. The van der Waals surface area contributed by atoms with Gasteiger partial charge < -0.3 is 4.90 Å². The third-order valence-electron chi connectivity index (χ3n) is 4.77. The lowest BCUT2D eigenvalue weighted by Crippen LogP contribution is -2.46. The first-order chi connectivity index (χ1) is 5.57. The Bertz CT molecular complexity index is 251. The van der Waals surface area contributed by atoms with E-state index in [9.17, 15) is 4.79 Å². The van der Waals surface area contributed by atoms with Crippen LogP contribution in [0, 0.1) is 10.8 Å². The third kappa shape index (κ3) is 0.918. The summed E-state index contributed by atoms with van der Waals surface area (Å²) in [6.07, 6.45) is 0. The van der Waals surface area contributed by atoms with Crippen LogP contribution in [0.2, 0.25) is 0 Å². The molecule has 0 N–H and O–H groups in total. The molecule has 1 amide bonds. The molecule has 2 nitrogen and oxygen atoms in total. The third-order valence-corrected chi connectivity index (χ3v) is 4.77. The minimum Gasteiger partial charge on any atom is -0.340 e. The minimum absolute atomic E-state index is 0.00579. The zero-order valence-corrected chi connectivity index (χ0v) is 9.86. The van der Waals surface area contributed by atoms with Gasteiger partial charge in [-0.3, -0.25) is 4.79 Å². The molecule has 0 bridgehead atoms. The Morgan fingerprint density at radius 2 is 1.38 bits per heavy atom. The molecule has 0 aromatic heterocycles. The van der Waals surface area contributed by atoms with Crippen LogP contribution in [0.15, 0.2) is 0 Å². The fourth-order valence-corrected chi connectivity index (χ4v) is 2.12. The fraction of sp³-hybridized carbons (Fsp3) is 0.909. The summed E-state index contributed by atoms with van der Waals surface area (Å²) in [5.74, 6) is 0.252. The number of hydrogen-bond acceptors (Lipinski definition) is 1. The molecule has 1 aliphatic heterocycles. The fourth-order valence-electron chi connectivity index (χ4n) is 2.12. The molecule has 0 unspecified atom stereocenters. The lowest BCUT2D eigenvalue weighted by molar-refractivity contribution is -0.135. The average molecular weight is 183 g/mol. The van der Waals surface area contributed by atoms with Gasteiger partial charge in [0.15, 0.2) is 0 Å². The van der Waals surface area contributed by atoms with E-state index >= 15 is 0 Å². The van der Waals surface area contributed by atoms with Gasteiger partial charge >= 0.3 is 0 Å². The topological polar surface area (TPSA) is 20.3 Å². The van der Waals surface area contributed by atoms with Crippen molar-refractivity contribution in [2.45, 2.75) is 47.1 Å². The maximum atomic E-state index is 12.0. The van der Waals surface area contributed by atoms with Crippen molar-refractivity contribution in [3.05, 3.63) is 0 Å². The van der Waals surface area contributed by atoms with E-state index < -0.39 is 0 Å². The van der Waals surface area contributed by atoms with Gasteiger partial charge in [-0.25, -0.2) is 0 Å². The van der Waals surface area contributed by atoms with Gasteiger partial charge in [0.1, 0.15) is 0 Å². The van der Waals surface area contributed by atoms with Crippen molar-refractivity contribution in [2.75, 3.05) is 7.05 Å². The normalized spacial score (nSPS) is 29.5. The van der Waals surface area contributed by atoms with E-state index in [1.807, 2.05) is 25.8 Å². The van der Waals surface area contributed by atoms with Gasteiger partial charge in [0, 0.05) is 18.0 Å². The van der Waals surface area contributed by atoms with Crippen molar-refractivity contribution in [1.29, 1.82) is 0 Å². The summed E-state index contributed by atoms with van der Waals surface area (Å²) < 4.78 is 0. The first kappa shape index (κ1) is 10.6. The summed E-state index contributed by atoms with van der Waals surface area (Å²) in [7, 11) is 1.90. The molecule has 1 fully saturated rings. The highest BCUT2D eigenvalue weighted by atomic mass is 16.2. The van der Waals surface area contributed by atoms with Gasteiger partial charge in [-0.15, -0.1) is 0 Å². The number of carbonyl (C=O) groups excluding carboxylic acids is 1. The van der Waals surface area contributed by atoms with Crippen LogP contribution in [0.25, 0.3) is 0 Å². The van der Waals surface area contributed by atoms with Gasteiger partial charge in [0.25, 0.3) is 0 Å². The maximum Gasteiger partial charge on any atom is 0.229 e. The van der Waals surface area contributed by atoms with Crippen LogP contribution in [-0.2, 0) is 4.79 Å². The first-order valence-corrected chi connectivity index (χ1v) is 4.85. The zero-order chi connectivity index (χ0) is 10.7. The molecule has 1 rings (SSSR count). The van der Waals surface area contributed by atoms with E-state index in [-0.39, 0.29) is 22.3 Å². The van der Waals surface area contributed by atoms with Crippen molar-refractivity contribution >= 4 is 5.91 Å². The highest BCUT2D eigenvalue weighted by Crippen LogP contribution is 2.55. The van der Waals surface area contributed by atoms with Crippen LogP contribution < -0.4 is 0 Å². The summed E-state index contributed by atoms with van der Waals surface area (Å²) in [5, 5.41) is 0. The molecular formula is C11H21NO. The molecule has 1 heterocycles. The summed E-state index contributed by atoms with van der Waals surface area (Å²) in [6.45, 7) is 12.7. The van der Waals surface area contributed by atoms with Gasteiger partial charge in [-0.1, -0.05) is 27.7 Å². The van der Waals surface area contributed by atoms with Crippen LogP contribution in [0.5, 0.6) is 0 Å². The monoisotopic (exact) mass is 183 g/mol. The molecule has 0 aromatic carbocycles. The second kappa shape index (κ2) is 2.28. The number of rotatable bonds is 0. The van der Waals surface area contributed by atoms with Crippen LogP contribution >= 0.6 is 0 Å². The van der Waals surface area contributed by atoms with Crippen LogP contribution in [-0.4, -0.2) is 23.4 Å². The number of likely N-dealkylation sites (tertiary alicyclic amines) is 1. The SMILES string of the molecule is CN1C(=O)C(C)(C)C(C)(C)C1(C)C. The molecule has 0 radical (unpaired) electrons. The van der Waals surface area contributed by atoms with E-state index in [0.717, 1.165) is 0 Å². The molecule has 0 aromatic rings. The Balaban J connectivity index is 3.31. The van der Waals surface area contributed by atoms with Crippen LogP contribution in [0.4, 0.5) is 0 Å². The smallest absolute Gasteiger partial charge is 0.229 e. The van der Waals surface area contributed by atoms with Crippen molar-refractivity contribution in [1.82, 2.24) is 4.90 Å². The molecule has 1 saturated heterocycles. The molecular weight excluding hydrogens is 162 g/mol. The zero-order valence-electron chi connectivity index (χ0n) is 9.86. The van der Waals surface area contributed by atoms with Gasteiger partial charge in [-0.2, -0.15) is 0 Å². The number of carbonyl (C=O) groups is 1. The molecule has 13 heavy (non-hydrogen) atoms. The standard InChI is InChI=1S/C11H21NO/c1-9(2)8(13)12(7)11(5,6)10(9,3)4/h1-7H3. The van der Waals surface area contributed by atoms with Crippen molar-refractivity contribution < 1.29 is 4.79 Å². The molecule has 0 saturated carbocycles. The summed E-state index contributed by atoms with van der Waals surface area (Å²) in [5.41, 5.74) is -0.315. The number of hydrogen-bond donors (Lipinski definition) is 0. The lowest BCUT2D eigenvalue weighted by Gasteiger charge is -2.42. The predicted octanol–water partition coefficient (Wildman–Crippen LogP) is 2.29. The molecule has 2 heteroatoms. The first-order valence-electron chi connectivity index (χ1n) is 4.85. The largest absolute Gasteiger partial charge is 0.340 e. The Hall–Kier alpha value is -0.530. The van der Waals surface area contributed by atoms with Gasteiger partial charge in [0.2, 0.25) is 5.91 Å². The van der Waals surface area contributed by atoms with Crippen molar-refractivity contribution in [3.63, 3.8) is 0 Å². The number of nitrogens with zero attached hydrogens (tertiary/aromatic N) is 1. The van der Waals surface area contributed by atoms with Crippen LogP contribution in [0.3, 0.4) is 0 Å². The van der Waals surface area contributed by atoms with E-state index in [0.29, 0.717) is 0 Å². The summed E-state index contributed by atoms with van der Waals surface area (Å²) in [4.78, 5) is 13.9. The average Bonchev–Trinajstić information content (AvgIpc) is 2.05. The Morgan fingerprint density at radius 3 is 1.46 bits per heavy atom. The molecule has 76 valence electrons. The minimum atomic E-state index is -0.259. The van der Waals surface area contributed by atoms with Crippen LogP contribution in [0.1, 0.15) is 41.5 Å². The van der Waals surface area contributed by atoms with Gasteiger partial charge in [-0.05, 0) is 13.8 Å². The molecule has 0 aliphatic carbocycles. The van der Waals surface area contributed by atoms with Crippen molar-refractivity contribution in [3.8, 4) is 0 Å². The molecule has 0 spiro atoms. The van der Waals surface area contributed by atoms with E-state index in [2.05, 4.69) is 27.7 Å². The second-order valence-electron chi connectivity index (χ2n) is 5.67. The summed E-state index contributed by atoms with van der Waals surface area (Å²) >= 11 is 0. The van der Waals surface area contributed by atoms with E-state index in [4.69, 9.17) is 0 Å². The van der Waals surface area contributed by atoms with E-state index in [1.54, 1.807) is 0 Å². The van der Waals surface area contributed by atoms with Crippen molar-refractivity contribution in [2.24, 2.45) is 10.8 Å². The predicted molar refractivity (Wildman–Crippen MR) is 54.4 cm³/mol. The van der Waals surface area contributed by atoms with E-state index in [1.165, 1.54) is 0 Å². The lowest BCUT2D eigenvalue weighted by atomic mass is 9.62. The highest BCUT2D eigenvalue weighted by molar-refractivity contribution is 5.86. The molecule has 1 aliphatic rings. The Kier molecular flexibility index (Phi) is 1.85. The Labute approximate surface area is 81.3 Å².